The third kappa shape index (κ3) is 5.79. The number of methoxy groups -OCH3 is 1. The van der Waals surface area contributed by atoms with Crippen LogP contribution in [0.2, 0.25) is 23.2 Å². The summed E-state index contributed by atoms with van der Waals surface area (Å²) in [5.41, 5.74) is 5.00. The van der Waals surface area contributed by atoms with Crippen LogP contribution in [-0.2, 0) is 4.43 Å². The zero-order valence-corrected chi connectivity index (χ0v) is 26.2. The molecular formula is C31H35ClFN5O2Si. The minimum Gasteiger partial charge on any atom is -0.495 e. The van der Waals surface area contributed by atoms with Gasteiger partial charge in [-0.1, -0.05) is 50.6 Å². The molecule has 214 valence electrons. The molecule has 0 bridgehead atoms. The molecule has 0 amide bonds. The van der Waals surface area contributed by atoms with Crippen LogP contribution in [0.3, 0.4) is 0 Å². The number of hydrogen-bond donors (Lipinski definition) is 0. The van der Waals surface area contributed by atoms with Gasteiger partial charge in [0.1, 0.15) is 17.3 Å². The fraction of sp³-hybridized carbons (Fsp3) is 0.323. The first-order valence-corrected chi connectivity index (χ1v) is 16.8. The molecule has 2 aliphatic heterocycles. The lowest BCUT2D eigenvalue weighted by molar-refractivity contribution is 0.248. The molecule has 0 saturated heterocycles. The number of aryl methyl sites for hydroxylation is 1. The normalized spacial score (nSPS) is 13.1. The van der Waals surface area contributed by atoms with Gasteiger partial charge in [0, 0.05) is 23.5 Å². The maximum atomic E-state index is 13.9. The van der Waals surface area contributed by atoms with E-state index in [2.05, 4.69) is 49.0 Å². The number of hydrogen-bond acceptors (Lipinski definition) is 5. The Morgan fingerprint density at radius 3 is 2.39 bits per heavy atom. The van der Waals surface area contributed by atoms with Crippen molar-refractivity contribution in [1.29, 1.82) is 0 Å². The van der Waals surface area contributed by atoms with Crippen LogP contribution in [-0.4, -0.2) is 46.3 Å². The molecule has 3 heterocycles. The van der Waals surface area contributed by atoms with Crippen LogP contribution in [0.5, 0.6) is 5.75 Å². The molecule has 1 aromatic heterocycles. The van der Waals surface area contributed by atoms with Crippen molar-refractivity contribution in [2.24, 2.45) is 0 Å². The zero-order valence-electron chi connectivity index (χ0n) is 24.4. The SMILES string of the molecule is COc1cc(-c2nnc3n(C(CO[Si](C)(C)C(C)(C)C)c4ccc(F)cc4)cc(Cl)cc2-3)ccc1-n1cnc(C)c1. The van der Waals surface area contributed by atoms with E-state index in [1.54, 1.807) is 25.6 Å². The van der Waals surface area contributed by atoms with E-state index >= 15 is 0 Å². The third-order valence-electron chi connectivity index (χ3n) is 7.97. The van der Waals surface area contributed by atoms with Gasteiger partial charge in [-0.3, -0.25) is 0 Å². The highest BCUT2D eigenvalue weighted by atomic mass is 35.5. The minimum absolute atomic E-state index is 0.0303. The predicted molar refractivity (Wildman–Crippen MR) is 163 cm³/mol. The van der Waals surface area contributed by atoms with Gasteiger partial charge < -0.3 is 18.3 Å². The lowest BCUT2D eigenvalue weighted by Gasteiger charge is -2.38. The van der Waals surface area contributed by atoms with E-state index in [9.17, 15) is 4.39 Å². The second-order valence-corrected chi connectivity index (χ2v) is 17.0. The maximum Gasteiger partial charge on any atom is 0.192 e. The topological polar surface area (TPSA) is 67.0 Å². The standard InChI is InChI=1S/C31H35ClFN5O2Si/c1-20-16-37(19-34-20)26-13-10-22(14-28(26)39-5)29-25-15-23(32)17-38(30(25)36-35-29)27(21-8-11-24(33)12-9-21)18-40-41(6,7)31(2,3)4/h8-17,19,27H,18H2,1-7H3. The van der Waals surface area contributed by atoms with Crippen molar-refractivity contribution in [2.45, 2.75) is 51.9 Å². The summed E-state index contributed by atoms with van der Waals surface area (Å²) >= 11 is 6.72. The Morgan fingerprint density at radius 1 is 1.02 bits per heavy atom. The first kappa shape index (κ1) is 29.0. The number of benzene rings is 2. The Balaban J connectivity index is 1.57. The van der Waals surface area contributed by atoms with Crippen LogP contribution < -0.4 is 4.74 Å². The molecule has 5 rings (SSSR count). The average molecular weight is 592 g/mol. The maximum absolute atomic E-state index is 13.9. The van der Waals surface area contributed by atoms with Crippen LogP contribution in [0.1, 0.15) is 38.1 Å². The number of aromatic nitrogens is 5. The summed E-state index contributed by atoms with van der Waals surface area (Å²) in [6, 6.07) is 14.0. The van der Waals surface area contributed by atoms with E-state index in [4.69, 9.17) is 20.8 Å². The van der Waals surface area contributed by atoms with E-state index in [-0.39, 0.29) is 16.9 Å². The largest absolute Gasteiger partial charge is 0.495 e. The van der Waals surface area contributed by atoms with Crippen molar-refractivity contribution in [2.75, 3.05) is 13.7 Å². The smallest absolute Gasteiger partial charge is 0.192 e. The summed E-state index contributed by atoms with van der Waals surface area (Å²) in [5, 5.41) is 9.77. The van der Waals surface area contributed by atoms with E-state index < -0.39 is 8.32 Å². The van der Waals surface area contributed by atoms with Crippen LogP contribution in [0.15, 0.2) is 67.3 Å². The molecule has 1 atom stereocenters. The molecule has 7 nitrogen and oxygen atoms in total. The van der Waals surface area contributed by atoms with Crippen LogP contribution in [0.25, 0.3) is 28.3 Å². The Labute approximate surface area is 246 Å². The number of fused-ring (bicyclic) bond motifs is 1. The molecule has 41 heavy (non-hydrogen) atoms. The highest BCUT2D eigenvalue weighted by molar-refractivity contribution is 6.74. The molecule has 0 fully saturated rings. The molecule has 0 spiro atoms. The Bertz CT molecular complexity index is 1640. The highest BCUT2D eigenvalue weighted by Gasteiger charge is 2.38. The number of ether oxygens (including phenoxy) is 1. The summed E-state index contributed by atoms with van der Waals surface area (Å²) in [7, 11) is -0.452. The van der Waals surface area contributed by atoms with Gasteiger partial charge in [-0.2, -0.15) is 0 Å². The highest BCUT2D eigenvalue weighted by Crippen LogP contribution is 2.40. The minimum atomic E-state index is -2.09. The Morgan fingerprint density at radius 2 is 1.76 bits per heavy atom. The van der Waals surface area contributed by atoms with Crippen LogP contribution in [0.4, 0.5) is 4.39 Å². The second kappa shape index (κ2) is 11.0. The number of nitrogens with zero attached hydrogens (tertiary/aromatic N) is 5. The number of halogens is 2. The van der Waals surface area contributed by atoms with E-state index in [1.165, 1.54) is 12.1 Å². The average Bonchev–Trinajstić information content (AvgIpc) is 3.54. The van der Waals surface area contributed by atoms with Crippen molar-refractivity contribution < 1.29 is 13.6 Å². The quantitative estimate of drug-likeness (QED) is 0.171. The Kier molecular flexibility index (Phi) is 7.80. The molecule has 0 N–H and O–H groups in total. The first-order chi connectivity index (χ1) is 19.4. The number of imidazole rings is 1. The van der Waals surface area contributed by atoms with Gasteiger partial charge in [0.25, 0.3) is 0 Å². The first-order valence-electron chi connectivity index (χ1n) is 13.5. The van der Waals surface area contributed by atoms with Gasteiger partial charge in [-0.25, -0.2) is 9.37 Å². The van der Waals surface area contributed by atoms with E-state index in [0.29, 0.717) is 28.9 Å². The van der Waals surface area contributed by atoms with Gasteiger partial charge in [0.2, 0.25) is 0 Å². The van der Waals surface area contributed by atoms with E-state index in [1.807, 2.05) is 52.7 Å². The summed E-state index contributed by atoms with van der Waals surface area (Å²) in [4.78, 5) is 4.33. The molecular weight excluding hydrogens is 557 g/mol. The van der Waals surface area contributed by atoms with Gasteiger partial charge >= 0.3 is 0 Å². The summed E-state index contributed by atoms with van der Waals surface area (Å²) in [6.07, 6.45) is 5.55. The number of pyridine rings is 1. The van der Waals surface area contributed by atoms with Gasteiger partial charge in [0.05, 0.1) is 42.5 Å². The monoisotopic (exact) mass is 591 g/mol. The summed E-state index contributed by atoms with van der Waals surface area (Å²) in [5.74, 6) is 1.04. The van der Waals surface area contributed by atoms with Crippen molar-refractivity contribution in [3.05, 3.63) is 89.3 Å². The Hall–Kier alpha value is -3.53. The molecule has 2 aromatic carbocycles. The van der Waals surface area contributed by atoms with E-state index in [0.717, 1.165) is 28.1 Å². The lowest BCUT2D eigenvalue weighted by atomic mass is 10.0. The molecule has 0 aliphatic carbocycles. The van der Waals surface area contributed by atoms with Gasteiger partial charge in [-0.05, 0) is 61.0 Å². The third-order valence-corrected chi connectivity index (χ3v) is 12.7. The van der Waals surface area contributed by atoms with Crippen LogP contribution >= 0.6 is 11.6 Å². The predicted octanol–water partition coefficient (Wildman–Crippen LogP) is 7.96. The van der Waals surface area contributed by atoms with Gasteiger partial charge in [0.15, 0.2) is 14.1 Å². The molecule has 10 heteroatoms. The summed E-state index contributed by atoms with van der Waals surface area (Å²) in [6.45, 7) is 13.4. The fourth-order valence-corrected chi connectivity index (χ4v) is 5.79. The lowest BCUT2D eigenvalue weighted by Crippen LogP contribution is -2.42. The van der Waals surface area contributed by atoms with Crippen molar-refractivity contribution in [3.63, 3.8) is 0 Å². The zero-order chi connectivity index (χ0) is 29.5. The van der Waals surface area contributed by atoms with Crippen molar-refractivity contribution in [3.8, 4) is 34.1 Å². The summed E-state index contributed by atoms with van der Waals surface area (Å²) < 4.78 is 30.2. The molecule has 3 aromatic rings. The molecule has 0 radical (unpaired) electrons. The second-order valence-electron chi connectivity index (χ2n) is 11.8. The molecule has 0 saturated carbocycles. The van der Waals surface area contributed by atoms with Gasteiger partial charge in [-0.15, -0.1) is 10.2 Å². The molecule has 2 aliphatic rings. The molecule has 1 unspecified atom stereocenters. The van der Waals surface area contributed by atoms with Crippen molar-refractivity contribution in [1.82, 2.24) is 24.3 Å². The van der Waals surface area contributed by atoms with Crippen molar-refractivity contribution >= 4 is 19.9 Å². The van der Waals surface area contributed by atoms with Crippen LogP contribution in [0, 0.1) is 12.7 Å². The number of rotatable bonds is 8. The fourth-order valence-electron chi connectivity index (χ4n) is 4.57.